The molecular formula is C8H16N2O. The van der Waals surface area contributed by atoms with Crippen LogP contribution in [0.4, 0.5) is 0 Å². The molecule has 0 spiro atoms. The third kappa shape index (κ3) is 1.53. The highest BCUT2D eigenvalue weighted by Crippen LogP contribution is 2.22. The van der Waals surface area contributed by atoms with Gasteiger partial charge >= 0.3 is 0 Å². The Kier molecular flexibility index (Phi) is 1.71. The predicted molar refractivity (Wildman–Crippen MR) is 45.7 cm³/mol. The lowest BCUT2D eigenvalue weighted by atomic mass is 10.1. The summed E-state index contributed by atoms with van der Waals surface area (Å²) in [6, 6.07) is 0. The Morgan fingerprint density at radius 3 is 2.00 bits per heavy atom. The molecule has 0 aliphatic carbocycles. The fourth-order valence-corrected chi connectivity index (χ4v) is 1.54. The fourth-order valence-electron chi connectivity index (χ4n) is 1.54. The van der Waals surface area contributed by atoms with Gasteiger partial charge in [0.25, 0.3) is 0 Å². The average Bonchev–Trinajstić information content (AvgIpc) is 1.99. The standard InChI is InChI=1S/C8H16N2O/c1-7(2)6(11-5)9-8(3,4)10-7/h10H,1-5H3. The fraction of sp³-hybridized carbons (Fsp3) is 0.875. The lowest BCUT2D eigenvalue weighted by molar-refractivity contribution is 0.333. The molecule has 0 unspecified atom stereocenters. The maximum atomic E-state index is 5.15. The van der Waals surface area contributed by atoms with Gasteiger partial charge in [-0.15, -0.1) is 0 Å². The van der Waals surface area contributed by atoms with Gasteiger partial charge in [-0.2, -0.15) is 0 Å². The van der Waals surface area contributed by atoms with Crippen molar-refractivity contribution in [1.29, 1.82) is 0 Å². The molecule has 0 atom stereocenters. The Hall–Kier alpha value is -0.570. The van der Waals surface area contributed by atoms with Crippen molar-refractivity contribution in [2.24, 2.45) is 4.99 Å². The maximum absolute atomic E-state index is 5.15. The highest BCUT2D eigenvalue weighted by Gasteiger charge is 2.39. The highest BCUT2D eigenvalue weighted by atomic mass is 16.5. The van der Waals surface area contributed by atoms with Crippen LogP contribution in [0, 0.1) is 0 Å². The quantitative estimate of drug-likeness (QED) is 0.570. The normalized spacial score (nSPS) is 26.5. The molecule has 1 rings (SSSR count). The van der Waals surface area contributed by atoms with E-state index in [1.54, 1.807) is 7.11 Å². The molecule has 0 aromatic rings. The zero-order valence-corrected chi connectivity index (χ0v) is 7.86. The molecule has 0 saturated carbocycles. The van der Waals surface area contributed by atoms with E-state index in [-0.39, 0.29) is 11.2 Å². The first-order valence-electron chi connectivity index (χ1n) is 3.81. The molecule has 0 aromatic carbocycles. The molecule has 1 heterocycles. The summed E-state index contributed by atoms with van der Waals surface area (Å²) in [6.07, 6.45) is 0. The van der Waals surface area contributed by atoms with E-state index >= 15 is 0 Å². The number of hydrogen-bond acceptors (Lipinski definition) is 3. The molecule has 0 fully saturated rings. The first-order valence-corrected chi connectivity index (χ1v) is 3.81. The van der Waals surface area contributed by atoms with Gasteiger partial charge in [-0.05, 0) is 27.7 Å². The number of nitrogens with one attached hydrogen (secondary N) is 1. The van der Waals surface area contributed by atoms with E-state index in [2.05, 4.69) is 24.2 Å². The van der Waals surface area contributed by atoms with Gasteiger partial charge in [-0.25, -0.2) is 4.99 Å². The SMILES string of the molecule is COC1=NC(C)(C)NC1(C)C. The molecule has 11 heavy (non-hydrogen) atoms. The predicted octanol–water partition coefficient (Wildman–Crippen LogP) is 1.15. The number of hydrogen-bond donors (Lipinski definition) is 1. The van der Waals surface area contributed by atoms with E-state index < -0.39 is 0 Å². The molecule has 64 valence electrons. The zero-order chi connectivity index (χ0) is 8.70. The smallest absolute Gasteiger partial charge is 0.205 e. The molecule has 0 radical (unpaired) electrons. The minimum absolute atomic E-state index is 0.127. The first-order chi connectivity index (χ1) is 4.87. The topological polar surface area (TPSA) is 33.6 Å². The number of rotatable bonds is 0. The van der Waals surface area contributed by atoms with Gasteiger partial charge in [0.1, 0.15) is 5.66 Å². The molecule has 3 nitrogen and oxygen atoms in total. The summed E-state index contributed by atoms with van der Waals surface area (Å²) < 4.78 is 5.15. The van der Waals surface area contributed by atoms with E-state index in [0.717, 1.165) is 5.90 Å². The molecule has 1 aliphatic heterocycles. The van der Waals surface area contributed by atoms with Crippen LogP contribution in [-0.2, 0) is 4.74 Å². The molecule has 0 aromatic heterocycles. The molecule has 1 aliphatic rings. The minimum atomic E-state index is -0.186. The highest BCUT2D eigenvalue weighted by molar-refractivity contribution is 5.87. The van der Waals surface area contributed by atoms with Gasteiger partial charge in [0.2, 0.25) is 5.90 Å². The summed E-state index contributed by atoms with van der Waals surface area (Å²) in [5.41, 5.74) is -0.312. The van der Waals surface area contributed by atoms with E-state index in [9.17, 15) is 0 Å². The summed E-state index contributed by atoms with van der Waals surface area (Å²) >= 11 is 0. The van der Waals surface area contributed by atoms with Crippen molar-refractivity contribution in [1.82, 2.24) is 5.32 Å². The van der Waals surface area contributed by atoms with Crippen molar-refractivity contribution in [2.75, 3.05) is 7.11 Å². The van der Waals surface area contributed by atoms with Crippen LogP contribution in [0.15, 0.2) is 4.99 Å². The zero-order valence-electron chi connectivity index (χ0n) is 7.86. The van der Waals surface area contributed by atoms with Crippen molar-refractivity contribution in [2.45, 2.75) is 38.9 Å². The van der Waals surface area contributed by atoms with Gasteiger partial charge in [0.15, 0.2) is 0 Å². The Labute approximate surface area is 67.8 Å². The number of nitrogens with zero attached hydrogens (tertiary/aromatic N) is 1. The molecule has 3 heteroatoms. The van der Waals surface area contributed by atoms with Crippen molar-refractivity contribution >= 4 is 5.90 Å². The van der Waals surface area contributed by atoms with Gasteiger partial charge < -0.3 is 4.74 Å². The number of ether oxygens (including phenoxy) is 1. The van der Waals surface area contributed by atoms with E-state index in [0.29, 0.717) is 0 Å². The van der Waals surface area contributed by atoms with Crippen LogP contribution in [0.5, 0.6) is 0 Å². The third-order valence-electron chi connectivity index (χ3n) is 1.73. The van der Waals surface area contributed by atoms with Crippen molar-refractivity contribution < 1.29 is 4.74 Å². The largest absolute Gasteiger partial charge is 0.483 e. The van der Waals surface area contributed by atoms with Crippen molar-refractivity contribution in [3.63, 3.8) is 0 Å². The summed E-state index contributed by atoms with van der Waals surface area (Å²) in [5.74, 6) is 0.780. The summed E-state index contributed by atoms with van der Waals surface area (Å²) in [7, 11) is 1.66. The molecule has 0 saturated heterocycles. The van der Waals surface area contributed by atoms with Crippen LogP contribution < -0.4 is 5.32 Å². The van der Waals surface area contributed by atoms with Gasteiger partial charge in [0.05, 0.1) is 12.6 Å². The second kappa shape index (κ2) is 2.21. The Morgan fingerprint density at radius 2 is 1.82 bits per heavy atom. The Morgan fingerprint density at radius 1 is 1.27 bits per heavy atom. The lowest BCUT2D eigenvalue weighted by Gasteiger charge is -2.23. The van der Waals surface area contributed by atoms with E-state index in [1.165, 1.54) is 0 Å². The van der Waals surface area contributed by atoms with Crippen LogP contribution in [-0.4, -0.2) is 24.2 Å². The summed E-state index contributed by atoms with van der Waals surface area (Å²) in [5, 5.41) is 3.34. The van der Waals surface area contributed by atoms with Crippen LogP contribution in [0.25, 0.3) is 0 Å². The Balaban J connectivity index is 2.89. The minimum Gasteiger partial charge on any atom is -0.483 e. The second-order valence-corrected chi connectivity index (χ2v) is 3.93. The summed E-state index contributed by atoms with van der Waals surface area (Å²) in [4.78, 5) is 4.38. The average molecular weight is 156 g/mol. The van der Waals surface area contributed by atoms with Gasteiger partial charge in [0, 0.05) is 0 Å². The second-order valence-electron chi connectivity index (χ2n) is 3.93. The van der Waals surface area contributed by atoms with Crippen molar-refractivity contribution in [3.8, 4) is 0 Å². The van der Waals surface area contributed by atoms with Crippen LogP contribution >= 0.6 is 0 Å². The first kappa shape index (κ1) is 8.53. The maximum Gasteiger partial charge on any atom is 0.205 e. The van der Waals surface area contributed by atoms with Crippen molar-refractivity contribution in [3.05, 3.63) is 0 Å². The number of methoxy groups -OCH3 is 1. The van der Waals surface area contributed by atoms with E-state index in [1.807, 2.05) is 13.8 Å². The monoisotopic (exact) mass is 156 g/mol. The Bertz CT molecular complexity index is 194. The van der Waals surface area contributed by atoms with Crippen LogP contribution in [0.3, 0.4) is 0 Å². The molecule has 0 amide bonds. The van der Waals surface area contributed by atoms with E-state index in [4.69, 9.17) is 4.74 Å². The third-order valence-corrected chi connectivity index (χ3v) is 1.73. The van der Waals surface area contributed by atoms with Gasteiger partial charge in [-0.3, -0.25) is 5.32 Å². The van der Waals surface area contributed by atoms with Gasteiger partial charge in [-0.1, -0.05) is 0 Å². The molecular weight excluding hydrogens is 140 g/mol. The van der Waals surface area contributed by atoms with Crippen LogP contribution in [0.2, 0.25) is 0 Å². The molecule has 0 bridgehead atoms. The summed E-state index contributed by atoms with van der Waals surface area (Å²) in [6.45, 7) is 8.18. The lowest BCUT2D eigenvalue weighted by Crippen LogP contribution is -2.48. The molecule has 1 N–H and O–H groups in total. The van der Waals surface area contributed by atoms with Crippen LogP contribution in [0.1, 0.15) is 27.7 Å². The number of aliphatic imine (C=N–C) groups is 1.